The van der Waals surface area contributed by atoms with E-state index in [4.69, 9.17) is 9.15 Å². The summed E-state index contributed by atoms with van der Waals surface area (Å²) in [5.74, 6) is 0.848. The SMILES string of the molecule is CCCNC(Cc1ccc(OC)c(Br)c1)c1ccoc1Br. The zero-order chi connectivity index (χ0) is 15.2. The molecule has 0 aliphatic carbocycles. The molecule has 0 saturated carbocycles. The Kier molecular flexibility index (Phi) is 6.33. The summed E-state index contributed by atoms with van der Waals surface area (Å²) in [6, 6.07) is 8.42. The first-order valence-electron chi connectivity index (χ1n) is 6.94. The van der Waals surface area contributed by atoms with E-state index in [1.54, 1.807) is 13.4 Å². The molecule has 2 aromatic rings. The van der Waals surface area contributed by atoms with E-state index in [2.05, 4.69) is 56.2 Å². The van der Waals surface area contributed by atoms with Crippen LogP contribution in [0.5, 0.6) is 5.75 Å². The summed E-state index contributed by atoms with van der Waals surface area (Å²) in [5, 5.41) is 3.57. The second kappa shape index (κ2) is 8.01. The van der Waals surface area contributed by atoms with Crippen LogP contribution < -0.4 is 10.1 Å². The highest BCUT2D eigenvalue weighted by Gasteiger charge is 2.17. The maximum atomic E-state index is 5.37. The van der Waals surface area contributed by atoms with E-state index in [9.17, 15) is 0 Å². The van der Waals surface area contributed by atoms with Gasteiger partial charge in [0.25, 0.3) is 0 Å². The lowest BCUT2D eigenvalue weighted by atomic mass is 10.0. The fourth-order valence-corrected chi connectivity index (χ4v) is 3.34. The molecule has 21 heavy (non-hydrogen) atoms. The predicted molar refractivity (Wildman–Crippen MR) is 91.8 cm³/mol. The van der Waals surface area contributed by atoms with E-state index < -0.39 is 0 Å². The molecule has 1 unspecified atom stereocenters. The first kappa shape index (κ1) is 16.6. The predicted octanol–water partition coefficient (Wildman–Crippen LogP) is 5.10. The third-order valence-electron chi connectivity index (χ3n) is 3.32. The Morgan fingerprint density at radius 1 is 1.29 bits per heavy atom. The molecule has 0 spiro atoms. The number of halogens is 2. The fourth-order valence-electron chi connectivity index (χ4n) is 2.24. The van der Waals surface area contributed by atoms with Crippen LogP contribution in [0.4, 0.5) is 0 Å². The van der Waals surface area contributed by atoms with Gasteiger partial charge in [-0.15, -0.1) is 0 Å². The van der Waals surface area contributed by atoms with Gasteiger partial charge in [0.05, 0.1) is 17.8 Å². The molecular weight excluding hydrogens is 398 g/mol. The molecule has 0 aliphatic rings. The molecule has 1 aromatic carbocycles. The van der Waals surface area contributed by atoms with Gasteiger partial charge < -0.3 is 14.5 Å². The van der Waals surface area contributed by atoms with Crippen LogP contribution in [0.3, 0.4) is 0 Å². The second-order valence-corrected chi connectivity index (χ2v) is 6.40. The van der Waals surface area contributed by atoms with Gasteiger partial charge in [-0.1, -0.05) is 13.0 Å². The van der Waals surface area contributed by atoms with E-state index in [0.717, 1.165) is 39.8 Å². The van der Waals surface area contributed by atoms with Crippen LogP contribution >= 0.6 is 31.9 Å². The van der Waals surface area contributed by atoms with Crippen LogP contribution in [0.25, 0.3) is 0 Å². The Bertz CT molecular complexity index is 583. The van der Waals surface area contributed by atoms with Gasteiger partial charge in [-0.05, 0) is 75.0 Å². The van der Waals surface area contributed by atoms with Crippen LogP contribution in [-0.4, -0.2) is 13.7 Å². The lowest BCUT2D eigenvalue weighted by Gasteiger charge is -2.18. The number of rotatable bonds is 7. The summed E-state index contributed by atoms with van der Waals surface area (Å²) in [7, 11) is 1.67. The van der Waals surface area contributed by atoms with Crippen LogP contribution in [0, 0.1) is 0 Å². The Balaban J connectivity index is 2.18. The first-order valence-corrected chi connectivity index (χ1v) is 8.53. The standard InChI is InChI=1S/C16H19Br2NO2/c1-3-7-19-14(12-6-8-21-16(12)18)10-11-4-5-15(20-2)13(17)9-11/h4-6,8-9,14,19H,3,7,10H2,1-2H3. The van der Waals surface area contributed by atoms with Crippen LogP contribution in [-0.2, 0) is 6.42 Å². The summed E-state index contributed by atoms with van der Waals surface area (Å²) in [6.07, 6.45) is 3.70. The smallest absolute Gasteiger partial charge is 0.173 e. The molecule has 5 heteroatoms. The molecule has 0 bridgehead atoms. The minimum Gasteiger partial charge on any atom is -0.496 e. The molecule has 1 N–H and O–H groups in total. The average Bonchev–Trinajstić information content (AvgIpc) is 2.90. The maximum absolute atomic E-state index is 5.37. The average molecular weight is 417 g/mol. The van der Waals surface area contributed by atoms with Crippen molar-refractivity contribution in [1.82, 2.24) is 5.32 Å². The summed E-state index contributed by atoms with van der Waals surface area (Å²) >= 11 is 7.01. The van der Waals surface area contributed by atoms with E-state index >= 15 is 0 Å². The van der Waals surface area contributed by atoms with Gasteiger partial charge in [0.1, 0.15) is 5.75 Å². The van der Waals surface area contributed by atoms with E-state index in [-0.39, 0.29) is 6.04 Å². The normalized spacial score (nSPS) is 12.4. The number of ether oxygens (including phenoxy) is 1. The summed E-state index contributed by atoms with van der Waals surface area (Å²) < 4.78 is 12.4. The van der Waals surface area contributed by atoms with Crippen molar-refractivity contribution >= 4 is 31.9 Å². The zero-order valence-electron chi connectivity index (χ0n) is 12.2. The van der Waals surface area contributed by atoms with Gasteiger partial charge in [0, 0.05) is 11.6 Å². The lowest BCUT2D eigenvalue weighted by molar-refractivity contribution is 0.411. The monoisotopic (exact) mass is 415 g/mol. The molecule has 0 amide bonds. The largest absolute Gasteiger partial charge is 0.496 e. The van der Waals surface area contributed by atoms with E-state index in [1.165, 1.54) is 5.56 Å². The summed E-state index contributed by atoms with van der Waals surface area (Å²) in [4.78, 5) is 0. The first-order chi connectivity index (χ1) is 10.2. The highest BCUT2D eigenvalue weighted by Crippen LogP contribution is 2.30. The number of hydrogen-bond donors (Lipinski definition) is 1. The quantitative estimate of drug-likeness (QED) is 0.681. The fraction of sp³-hybridized carbons (Fsp3) is 0.375. The van der Waals surface area contributed by atoms with Crippen LogP contribution in [0.2, 0.25) is 0 Å². The number of nitrogens with one attached hydrogen (secondary N) is 1. The summed E-state index contributed by atoms with van der Waals surface area (Å²) in [6.45, 7) is 3.14. The van der Waals surface area contributed by atoms with Crippen molar-refractivity contribution in [2.45, 2.75) is 25.8 Å². The summed E-state index contributed by atoms with van der Waals surface area (Å²) in [5.41, 5.74) is 2.39. The molecule has 114 valence electrons. The van der Waals surface area contributed by atoms with Gasteiger partial charge in [-0.25, -0.2) is 0 Å². The minimum atomic E-state index is 0.221. The third-order valence-corrected chi connectivity index (χ3v) is 4.58. The second-order valence-electron chi connectivity index (χ2n) is 4.83. The Morgan fingerprint density at radius 3 is 2.67 bits per heavy atom. The Labute approximate surface area is 142 Å². The molecule has 2 rings (SSSR count). The highest BCUT2D eigenvalue weighted by molar-refractivity contribution is 9.10. The zero-order valence-corrected chi connectivity index (χ0v) is 15.3. The molecule has 1 atom stereocenters. The number of hydrogen-bond acceptors (Lipinski definition) is 3. The van der Waals surface area contributed by atoms with Gasteiger partial charge in [-0.3, -0.25) is 0 Å². The van der Waals surface area contributed by atoms with Gasteiger partial charge >= 0.3 is 0 Å². The van der Waals surface area contributed by atoms with E-state index in [1.807, 2.05) is 12.1 Å². The molecule has 0 aliphatic heterocycles. The van der Waals surface area contributed by atoms with Gasteiger partial charge in [0.15, 0.2) is 4.67 Å². The van der Waals surface area contributed by atoms with E-state index in [0.29, 0.717) is 0 Å². The maximum Gasteiger partial charge on any atom is 0.173 e. The lowest BCUT2D eigenvalue weighted by Crippen LogP contribution is -2.24. The molecule has 1 heterocycles. The van der Waals surface area contributed by atoms with Crippen molar-refractivity contribution in [2.75, 3.05) is 13.7 Å². The number of benzene rings is 1. The molecule has 3 nitrogen and oxygen atoms in total. The van der Waals surface area contributed by atoms with Crippen molar-refractivity contribution in [1.29, 1.82) is 0 Å². The third kappa shape index (κ3) is 4.34. The van der Waals surface area contributed by atoms with Gasteiger partial charge in [0.2, 0.25) is 0 Å². The number of furan rings is 1. The molecule has 1 aromatic heterocycles. The minimum absolute atomic E-state index is 0.221. The highest BCUT2D eigenvalue weighted by atomic mass is 79.9. The topological polar surface area (TPSA) is 34.4 Å². The Morgan fingerprint density at radius 2 is 2.10 bits per heavy atom. The molecule has 0 radical (unpaired) electrons. The molecular formula is C16H19Br2NO2. The van der Waals surface area contributed by atoms with Gasteiger partial charge in [-0.2, -0.15) is 0 Å². The van der Waals surface area contributed by atoms with Crippen molar-refractivity contribution < 1.29 is 9.15 Å². The van der Waals surface area contributed by atoms with Crippen LogP contribution in [0.1, 0.15) is 30.5 Å². The van der Waals surface area contributed by atoms with Crippen molar-refractivity contribution in [2.24, 2.45) is 0 Å². The van der Waals surface area contributed by atoms with Crippen molar-refractivity contribution in [3.05, 3.63) is 50.8 Å². The van der Waals surface area contributed by atoms with Crippen LogP contribution in [0.15, 0.2) is 44.1 Å². The molecule has 0 saturated heterocycles. The van der Waals surface area contributed by atoms with Crippen molar-refractivity contribution in [3.63, 3.8) is 0 Å². The molecule has 0 fully saturated rings. The van der Waals surface area contributed by atoms with Crippen molar-refractivity contribution in [3.8, 4) is 5.75 Å². The number of methoxy groups -OCH3 is 1. The Hall–Kier alpha value is -0.780.